The van der Waals surface area contributed by atoms with Gasteiger partial charge in [0.15, 0.2) is 11.5 Å². The molecule has 0 aromatic heterocycles. The van der Waals surface area contributed by atoms with Crippen LogP contribution in [0.5, 0.6) is 11.5 Å². The standard InChI is InChI=1S/C25H30Cl2N2O3/c1-3-7-20(25(30)28-19-9-10-21(26)22(27)17-19)18-8-11-23(31-2)24(16-18)32-15-14-29-12-5-4-6-13-29/h7-11,16-17H,3-6,12-15H2,1-2H3,(H,28,30). The molecule has 0 aliphatic carbocycles. The minimum atomic E-state index is -0.227. The number of carbonyl (C=O) groups excluding carboxylic acids is 1. The van der Waals surface area contributed by atoms with Gasteiger partial charge < -0.3 is 14.8 Å². The zero-order valence-corrected chi connectivity index (χ0v) is 20.1. The molecule has 0 unspecified atom stereocenters. The van der Waals surface area contributed by atoms with Crippen LogP contribution in [0.15, 0.2) is 42.5 Å². The molecule has 1 fully saturated rings. The number of rotatable bonds is 9. The zero-order valence-electron chi connectivity index (χ0n) is 18.6. The topological polar surface area (TPSA) is 50.8 Å². The van der Waals surface area contributed by atoms with E-state index in [2.05, 4.69) is 10.2 Å². The molecule has 0 saturated carbocycles. The molecular formula is C25H30Cl2N2O3. The number of halogens is 2. The van der Waals surface area contributed by atoms with Gasteiger partial charge in [-0.25, -0.2) is 0 Å². The third-order valence-corrected chi connectivity index (χ3v) is 6.16. The highest BCUT2D eigenvalue weighted by Crippen LogP contribution is 2.32. The molecule has 5 nitrogen and oxygen atoms in total. The highest BCUT2D eigenvalue weighted by atomic mass is 35.5. The molecule has 1 aliphatic rings. The fourth-order valence-electron chi connectivity index (χ4n) is 3.74. The van der Waals surface area contributed by atoms with E-state index in [4.69, 9.17) is 32.7 Å². The second kappa shape index (κ2) is 12.1. The Morgan fingerprint density at radius 2 is 1.84 bits per heavy atom. The highest BCUT2D eigenvalue weighted by molar-refractivity contribution is 6.42. The van der Waals surface area contributed by atoms with Crippen molar-refractivity contribution in [3.05, 3.63) is 58.1 Å². The summed E-state index contributed by atoms with van der Waals surface area (Å²) in [6, 6.07) is 10.6. The summed E-state index contributed by atoms with van der Waals surface area (Å²) in [7, 11) is 1.62. The Labute approximate surface area is 200 Å². The lowest BCUT2D eigenvalue weighted by Crippen LogP contribution is -2.33. The Kier molecular flexibility index (Phi) is 9.27. The Balaban J connectivity index is 1.74. The molecule has 0 atom stereocenters. The smallest absolute Gasteiger partial charge is 0.255 e. The number of carbonyl (C=O) groups is 1. The van der Waals surface area contributed by atoms with Crippen LogP contribution in [0.4, 0.5) is 5.69 Å². The van der Waals surface area contributed by atoms with Crippen LogP contribution < -0.4 is 14.8 Å². The summed E-state index contributed by atoms with van der Waals surface area (Å²) in [5.74, 6) is 1.05. The van der Waals surface area contributed by atoms with Crippen molar-refractivity contribution in [2.45, 2.75) is 32.6 Å². The van der Waals surface area contributed by atoms with Gasteiger partial charge in [-0.05, 0) is 68.2 Å². The largest absolute Gasteiger partial charge is 0.493 e. The van der Waals surface area contributed by atoms with E-state index < -0.39 is 0 Å². The number of allylic oxidation sites excluding steroid dienone is 1. The molecule has 1 saturated heterocycles. The molecule has 0 bridgehead atoms. The minimum Gasteiger partial charge on any atom is -0.493 e. The van der Waals surface area contributed by atoms with Crippen molar-refractivity contribution in [1.29, 1.82) is 0 Å². The van der Waals surface area contributed by atoms with Crippen LogP contribution in [-0.4, -0.2) is 44.2 Å². The molecule has 3 rings (SSSR count). The second-order valence-electron chi connectivity index (χ2n) is 7.73. The number of ether oxygens (including phenoxy) is 2. The molecule has 1 heterocycles. The van der Waals surface area contributed by atoms with Gasteiger partial charge in [0.05, 0.1) is 17.2 Å². The first-order chi connectivity index (χ1) is 15.5. The molecule has 2 aromatic rings. The van der Waals surface area contributed by atoms with Crippen molar-refractivity contribution in [2.75, 3.05) is 38.7 Å². The van der Waals surface area contributed by atoms with E-state index in [-0.39, 0.29) is 5.91 Å². The Hall–Kier alpha value is -2.21. The first-order valence-electron chi connectivity index (χ1n) is 11.0. The van der Waals surface area contributed by atoms with Gasteiger partial charge in [0.2, 0.25) is 0 Å². The summed E-state index contributed by atoms with van der Waals surface area (Å²) in [4.78, 5) is 15.5. The number of piperidine rings is 1. The van der Waals surface area contributed by atoms with Gasteiger partial charge in [-0.15, -0.1) is 0 Å². The van der Waals surface area contributed by atoms with E-state index in [1.54, 1.807) is 25.3 Å². The SMILES string of the molecule is CCC=C(C(=O)Nc1ccc(Cl)c(Cl)c1)c1ccc(OC)c(OCCN2CCCCC2)c1. The molecular weight excluding hydrogens is 447 g/mol. The lowest BCUT2D eigenvalue weighted by Gasteiger charge is -2.26. The molecule has 1 amide bonds. The third-order valence-electron chi connectivity index (χ3n) is 5.42. The van der Waals surface area contributed by atoms with E-state index in [9.17, 15) is 4.79 Å². The average Bonchev–Trinajstić information content (AvgIpc) is 2.80. The summed E-state index contributed by atoms with van der Waals surface area (Å²) >= 11 is 12.1. The predicted molar refractivity (Wildman–Crippen MR) is 132 cm³/mol. The number of hydrogen-bond acceptors (Lipinski definition) is 4. The highest BCUT2D eigenvalue weighted by Gasteiger charge is 2.16. The van der Waals surface area contributed by atoms with Crippen LogP contribution in [0.25, 0.3) is 5.57 Å². The maximum absolute atomic E-state index is 13.1. The van der Waals surface area contributed by atoms with Gasteiger partial charge >= 0.3 is 0 Å². The molecule has 0 spiro atoms. The Bertz CT molecular complexity index is 956. The number of nitrogens with zero attached hydrogens (tertiary/aromatic N) is 1. The number of benzene rings is 2. The van der Waals surface area contributed by atoms with Crippen LogP contribution in [0.3, 0.4) is 0 Å². The van der Waals surface area contributed by atoms with Gasteiger partial charge in [-0.3, -0.25) is 9.69 Å². The van der Waals surface area contributed by atoms with E-state index in [1.165, 1.54) is 19.3 Å². The fraction of sp³-hybridized carbons (Fsp3) is 0.400. The van der Waals surface area contributed by atoms with Gasteiger partial charge in [0.1, 0.15) is 6.61 Å². The van der Waals surface area contributed by atoms with Crippen molar-refractivity contribution < 1.29 is 14.3 Å². The third kappa shape index (κ3) is 6.64. The van der Waals surface area contributed by atoms with Crippen molar-refractivity contribution in [2.24, 2.45) is 0 Å². The van der Waals surface area contributed by atoms with Crippen molar-refractivity contribution in [1.82, 2.24) is 4.90 Å². The minimum absolute atomic E-state index is 0.227. The van der Waals surface area contributed by atoms with Gasteiger partial charge in [-0.2, -0.15) is 0 Å². The molecule has 1 aliphatic heterocycles. The van der Waals surface area contributed by atoms with E-state index in [1.807, 2.05) is 31.2 Å². The van der Waals surface area contributed by atoms with E-state index in [0.29, 0.717) is 45.8 Å². The molecule has 2 aromatic carbocycles. The van der Waals surface area contributed by atoms with E-state index in [0.717, 1.165) is 25.2 Å². The normalized spacial score (nSPS) is 14.8. The maximum atomic E-state index is 13.1. The lowest BCUT2D eigenvalue weighted by molar-refractivity contribution is -0.111. The molecule has 7 heteroatoms. The number of anilines is 1. The Morgan fingerprint density at radius 3 is 2.53 bits per heavy atom. The van der Waals surface area contributed by atoms with Crippen LogP contribution in [0, 0.1) is 0 Å². The van der Waals surface area contributed by atoms with Gasteiger partial charge in [-0.1, -0.05) is 48.7 Å². The van der Waals surface area contributed by atoms with Crippen LogP contribution in [0.1, 0.15) is 38.2 Å². The average molecular weight is 477 g/mol. The van der Waals surface area contributed by atoms with Crippen molar-refractivity contribution in [3.8, 4) is 11.5 Å². The second-order valence-corrected chi connectivity index (χ2v) is 8.54. The van der Waals surface area contributed by atoms with Crippen molar-refractivity contribution >= 4 is 40.4 Å². The summed E-state index contributed by atoms with van der Waals surface area (Å²) in [5, 5.41) is 3.73. The molecule has 32 heavy (non-hydrogen) atoms. The summed E-state index contributed by atoms with van der Waals surface area (Å²) in [6.45, 7) is 5.69. The van der Waals surface area contributed by atoms with Gasteiger partial charge in [0, 0.05) is 17.8 Å². The summed E-state index contributed by atoms with van der Waals surface area (Å²) < 4.78 is 11.5. The monoisotopic (exact) mass is 476 g/mol. The maximum Gasteiger partial charge on any atom is 0.255 e. The first kappa shape index (κ1) is 24.4. The summed E-state index contributed by atoms with van der Waals surface area (Å²) in [6.07, 6.45) is 6.41. The predicted octanol–water partition coefficient (Wildman–Crippen LogP) is 6.30. The zero-order chi connectivity index (χ0) is 22.9. The number of amides is 1. The number of nitrogens with one attached hydrogen (secondary N) is 1. The molecule has 172 valence electrons. The Morgan fingerprint density at radius 1 is 1.06 bits per heavy atom. The first-order valence-corrected chi connectivity index (χ1v) is 11.8. The van der Waals surface area contributed by atoms with Crippen LogP contribution in [-0.2, 0) is 4.79 Å². The van der Waals surface area contributed by atoms with Crippen LogP contribution in [0.2, 0.25) is 10.0 Å². The lowest BCUT2D eigenvalue weighted by atomic mass is 10.0. The molecule has 1 N–H and O–H groups in total. The van der Waals surface area contributed by atoms with E-state index >= 15 is 0 Å². The van der Waals surface area contributed by atoms with Crippen LogP contribution >= 0.6 is 23.2 Å². The number of hydrogen-bond donors (Lipinski definition) is 1. The number of methoxy groups -OCH3 is 1. The fourth-order valence-corrected chi connectivity index (χ4v) is 4.04. The summed E-state index contributed by atoms with van der Waals surface area (Å²) in [5.41, 5.74) is 1.90. The number of likely N-dealkylation sites (tertiary alicyclic amines) is 1. The van der Waals surface area contributed by atoms with Crippen molar-refractivity contribution in [3.63, 3.8) is 0 Å². The molecule has 0 radical (unpaired) electrons. The quantitative estimate of drug-likeness (QED) is 0.431. The van der Waals surface area contributed by atoms with Gasteiger partial charge in [0.25, 0.3) is 5.91 Å².